The standard InChI is InChI=1S/C14H17N3O2/c15-12-4-5-13(11-3-1-9-19-14(11)12)18-10-8-17-7-2-6-16-17/h2,4-7H,1,3,8-10,15H2. The second kappa shape index (κ2) is 5.22. The molecule has 0 unspecified atom stereocenters. The molecule has 1 aliphatic rings. The van der Waals surface area contributed by atoms with E-state index in [4.69, 9.17) is 15.2 Å². The fourth-order valence-electron chi connectivity index (χ4n) is 2.28. The van der Waals surface area contributed by atoms with Crippen LogP contribution in [0.25, 0.3) is 0 Å². The minimum absolute atomic E-state index is 0.581. The first kappa shape index (κ1) is 11.9. The SMILES string of the molecule is Nc1ccc(OCCn2cccn2)c2c1OCCC2. The van der Waals surface area contributed by atoms with Crippen LogP contribution in [0.1, 0.15) is 12.0 Å². The number of anilines is 1. The quantitative estimate of drug-likeness (QED) is 0.851. The highest BCUT2D eigenvalue weighted by atomic mass is 16.5. The van der Waals surface area contributed by atoms with Gasteiger partial charge in [0, 0.05) is 18.0 Å². The van der Waals surface area contributed by atoms with Crippen molar-refractivity contribution < 1.29 is 9.47 Å². The molecular weight excluding hydrogens is 242 g/mol. The van der Waals surface area contributed by atoms with Gasteiger partial charge >= 0.3 is 0 Å². The monoisotopic (exact) mass is 259 g/mol. The highest BCUT2D eigenvalue weighted by Crippen LogP contribution is 2.37. The van der Waals surface area contributed by atoms with Crippen molar-refractivity contribution in [2.75, 3.05) is 18.9 Å². The topological polar surface area (TPSA) is 62.3 Å². The fourth-order valence-corrected chi connectivity index (χ4v) is 2.28. The fraction of sp³-hybridized carbons (Fsp3) is 0.357. The Balaban J connectivity index is 1.70. The van der Waals surface area contributed by atoms with Crippen LogP contribution in [0.3, 0.4) is 0 Å². The Morgan fingerprint density at radius 3 is 3.21 bits per heavy atom. The molecule has 0 spiro atoms. The van der Waals surface area contributed by atoms with Crippen molar-refractivity contribution in [1.29, 1.82) is 0 Å². The molecule has 0 radical (unpaired) electrons. The van der Waals surface area contributed by atoms with E-state index in [1.807, 2.05) is 29.1 Å². The van der Waals surface area contributed by atoms with E-state index < -0.39 is 0 Å². The van der Waals surface area contributed by atoms with Crippen LogP contribution < -0.4 is 15.2 Å². The van der Waals surface area contributed by atoms with Crippen molar-refractivity contribution in [1.82, 2.24) is 9.78 Å². The minimum atomic E-state index is 0.581. The molecule has 0 bridgehead atoms. The number of nitrogens with two attached hydrogens (primary N) is 1. The third-order valence-electron chi connectivity index (χ3n) is 3.20. The van der Waals surface area contributed by atoms with Crippen molar-refractivity contribution in [3.63, 3.8) is 0 Å². The summed E-state index contributed by atoms with van der Waals surface area (Å²) in [5, 5.41) is 4.14. The van der Waals surface area contributed by atoms with Crippen LogP contribution in [0.15, 0.2) is 30.6 Å². The molecule has 0 amide bonds. The Hall–Kier alpha value is -2.17. The summed E-state index contributed by atoms with van der Waals surface area (Å²) in [7, 11) is 0. The zero-order chi connectivity index (χ0) is 13.1. The summed E-state index contributed by atoms with van der Waals surface area (Å²) < 4.78 is 13.3. The zero-order valence-electron chi connectivity index (χ0n) is 10.7. The molecule has 0 saturated carbocycles. The summed E-state index contributed by atoms with van der Waals surface area (Å²) in [6, 6.07) is 5.66. The molecule has 3 rings (SSSR count). The summed E-state index contributed by atoms with van der Waals surface area (Å²) in [5.41, 5.74) is 7.70. The highest BCUT2D eigenvalue weighted by molar-refractivity contribution is 5.62. The molecule has 0 saturated heterocycles. The van der Waals surface area contributed by atoms with Crippen molar-refractivity contribution in [2.45, 2.75) is 19.4 Å². The van der Waals surface area contributed by atoms with Crippen LogP contribution in [-0.2, 0) is 13.0 Å². The lowest BCUT2D eigenvalue weighted by atomic mass is 10.0. The van der Waals surface area contributed by atoms with Gasteiger partial charge in [-0.3, -0.25) is 4.68 Å². The van der Waals surface area contributed by atoms with Gasteiger partial charge in [-0.25, -0.2) is 0 Å². The van der Waals surface area contributed by atoms with Gasteiger partial charge in [0.25, 0.3) is 0 Å². The van der Waals surface area contributed by atoms with Crippen LogP contribution in [0, 0.1) is 0 Å². The summed E-state index contributed by atoms with van der Waals surface area (Å²) in [4.78, 5) is 0. The molecule has 2 aromatic rings. The van der Waals surface area contributed by atoms with Crippen molar-refractivity contribution in [3.05, 3.63) is 36.2 Å². The van der Waals surface area contributed by atoms with Crippen LogP contribution in [-0.4, -0.2) is 23.0 Å². The van der Waals surface area contributed by atoms with Gasteiger partial charge in [-0.2, -0.15) is 5.10 Å². The van der Waals surface area contributed by atoms with Gasteiger partial charge in [-0.15, -0.1) is 0 Å². The number of nitrogen functional groups attached to an aromatic ring is 1. The molecular formula is C14H17N3O2. The molecule has 0 atom stereocenters. The van der Waals surface area contributed by atoms with E-state index in [0.29, 0.717) is 12.3 Å². The maximum atomic E-state index is 5.92. The first-order valence-corrected chi connectivity index (χ1v) is 6.49. The Morgan fingerprint density at radius 2 is 2.37 bits per heavy atom. The summed E-state index contributed by atoms with van der Waals surface area (Å²) in [5.74, 6) is 1.67. The first-order chi connectivity index (χ1) is 9.34. The second-order valence-electron chi connectivity index (χ2n) is 4.53. The molecule has 19 heavy (non-hydrogen) atoms. The Labute approximate surface area is 111 Å². The molecule has 2 heterocycles. The molecule has 2 N–H and O–H groups in total. The number of aromatic nitrogens is 2. The van der Waals surface area contributed by atoms with Gasteiger partial charge in [0.05, 0.1) is 18.8 Å². The number of fused-ring (bicyclic) bond motifs is 1. The molecule has 5 nitrogen and oxygen atoms in total. The number of hydrogen-bond acceptors (Lipinski definition) is 4. The van der Waals surface area contributed by atoms with Crippen LogP contribution in [0.2, 0.25) is 0 Å². The van der Waals surface area contributed by atoms with E-state index in [9.17, 15) is 0 Å². The Bertz CT molecular complexity index is 552. The number of hydrogen-bond donors (Lipinski definition) is 1. The maximum absolute atomic E-state index is 5.92. The Kier molecular flexibility index (Phi) is 3.27. The van der Waals surface area contributed by atoms with Gasteiger partial charge in [0.1, 0.15) is 18.1 Å². The predicted octanol–water partition coefficient (Wildman–Crippen LogP) is 1.87. The van der Waals surface area contributed by atoms with Crippen LogP contribution in [0.4, 0.5) is 5.69 Å². The van der Waals surface area contributed by atoms with Crippen molar-refractivity contribution in [2.24, 2.45) is 0 Å². The minimum Gasteiger partial charge on any atom is -0.491 e. The number of benzene rings is 1. The van der Waals surface area contributed by atoms with E-state index in [2.05, 4.69) is 5.10 Å². The van der Waals surface area contributed by atoms with E-state index in [1.165, 1.54) is 0 Å². The zero-order valence-corrected chi connectivity index (χ0v) is 10.7. The lowest BCUT2D eigenvalue weighted by molar-refractivity contribution is 0.265. The van der Waals surface area contributed by atoms with Gasteiger partial charge in [-0.1, -0.05) is 0 Å². The summed E-state index contributed by atoms with van der Waals surface area (Å²) >= 11 is 0. The van der Waals surface area contributed by atoms with E-state index in [-0.39, 0.29) is 0 Å². The third kappa shape index (κ3) is 2.50. The summed E-state index contributed by atoms with van der Waals surface area (Å²) in [6.45, 7) is 2.04. The van der Waals surface area contributed by atoms with E-state index >= 15 is 0 Å². The average Bonchev–Trinajstić information content (AvgIpc) is 2.95. The van der Waals surface area contributed by atoms with E-state index in [1.54, 1.807) is 6.20 Å². The van der Waals surface area contributed by atoms with Crippen molar-refractivity contribution in [3.8, 4) is 11.5 Å². The largest absolute Gasteiger partial charge is 0.491 e. The lowest BCUT2D eigenvalue weighted by Crippen LogP contribution is -2.14. The highest BCUT2D eigenvalue weighted by Gasteiger charge is 2.18. The maximum Gasteiger partial charge on any atom is 0.149 e. The third-order valence-corrected chi connectivity index (χ3v) is 3.20. The molecule has 5 heteroatoms. The molecule has 1 aromatic carbocycles. The van der Waals surface area contributed by atoms with Gasteiger partial charge in [0.15, 0.2) is 0 Å². The lowest BCUT2D eigenvalue weighted by Gasteiger charge is -2.21. The first-order valence-electron chi connectivity index (χ1n) is 6.49. The van der Waals surface area contributed by atoms with Crippen LogP contribution in [0.5, 0.6) is 11.5 Å². The summed E-state index contributed by atoms with van der Waals surface area (Å²) in [6.07, 6.45) is 5.65. The second-order valence-corrected chi connectivity index (χ2v) is 4.53. The van der Waals surface area contributed by atoms with E-state index in [0.717, 1.165) is 43.1 Å². The van der Waals surface area contributed by atoms with Gasteiger partial charge in [-0.05, 0) is 31.0 Å². The van der Waals surface area contributed by atoms with Gasteiger partial charge < -0.3 is 15.2 Å². The molecule has 0 fully saturated rings. The smallest absolute Gasteiger partial charge is 0.149 e. The van der Waals surface area contributed by atoms with Crippen LogP contribution >= 0.6 is 0 Å². The molecule has 100 valence electrons. The van der Waals surface area contributed by atoms with Crippen molar-refractivity contribution >= 4 is 5.69 Å². The number of rotatable bonds is 4. The number of ether oxygens (including phenoxy) is 2. The normalized spacial score (nSPS) is 13.7. The number of nitrogens with zero attached hydrogens (tertiary/aromatic N) is 2. The Morgan fingerprint density at radius 1 is 1.42 bits per heavy atom. The molecule has 0 aliphatic carbocycles. The molecule has 1 aliphatic heterocycles. The predicted molar refractivity (Wildman–Crippen MR) is 72.4 cm³/mol. The molecule has 1 aromatic heterocycles. The van der Waals surface area contributed by atoms with Gasteiger partial charge in [0.2, 0.25) is 0 Å². The average molecular weight is 259 g/mol.